The maximum absolute atomic E-state index is 10.9. The van der Waals surface area contributed by atoms with Gasteiger partial charge in [-0.15, -0.1) is 0 Å². The number of benzene rings is 1. The van der Waals surface area contributed by atoms with Crippen LogP contribution in [0.1, 0.15) is 18.9 Å². The Hall–Kier alpha value is -1.63. The highest BCUT2D eigenvalue weighted by atomic mass is 79.9. The van der Waals surface area contributed by atoms with Crippen LogP contribution < -0.4 is 5.32 Å². The minimum atomic E-state index is -0.958. The molecule has 0 heterocycles. The van der Waals surface area contributed by atoms with E-state index < -0.39 is 16.9 Å². The van der Waals surface area contributed by atoms with Crippen LogP contribution in [0.2, 0.25) is 0 Å². The van der Waals surface area contributed by atoms with Crippen molar-refractivity contribution < 1.29 is 14.8 Å². The molecule has 0 bridgehead atoms. The number of carboxylic acid groups (broad SMARTS) is 1. The molecule has 1 aromatic rings. The van der Waals surface area contributed by atoms with Gasteiger partial charge in [-0.25, -0.2) is 4.79 Å². The van der Waals surface area contributed by atoms with Crippen molar-refractivity contribution in [1.82, 2.24) is 0 Å². The number of carbonyl (C=O) groups is 1. The van der Waals surface area contributed by atoms with Gasteiger partial charge in [0.2, 0.25) is 0 Å². The highest BCUT2D eigenvalue weighted by Crippen LogP contribution is 2.31. The van der Waals surface area contributed by atoms with Gasteiger partial charge in [0, 0.05) is 21.8 Å². The molecule has 0 fully saturated rings. The van der Waals surface area contributed by atoms with Gasteiger partial charge in [0.15, 0.2) is 0 Å². The topological polar surface area (TPSA) is 92.5 Å². The molecule has 0 aliphatic carbocycles. The third-order valence-corrected chi connectivity index (χ3v) is 3.17. The van der Waals surface area contributed by atoms with Crippen molar-refractivity contribution in [3.63, 3.8) is 0 Å². The second kappa shape index (κ2) is 5.81. The molecule has 0 aliphatic rings. The standard InChI is InChI=1S/C11H13BrN2O4/c1-3-8(11(15)16)13-9-4-6(2)10(14(17)18)5-7(9)12/h4-5,8,13H,3H2,1-2H3,(H,15,16). The summed E-state index contributed by atoms with van der Waals surface area (Å²) in [6.45, 7) is 3.36. The zero-order chi connectivity index (χ0) is 13.9. The van der Waals surface area contributed by atoms with Crippen molar-refractivity contribution in [1.29, 1.82) is 0 Å². The molecule has 1 atom stereocenters. The fraction of sp³-hybridized carbons (Fsp3) is 0.364. The number of nitro groups is 1. The van der Waals surface area contributed by atoms with E-state index in [1.54, 1.807) is 19.9 Å². The number of aryl methyl sites for hydroxylation is 1. The first kappa shape index (κ1) is 14.4. The number of nitrogens with one attached hydrogen (secondary N) is 1. The Bertz CT molecular complexity index is 490. The predicted octanol–water partition coefficient (Wildman–Crippen LogP) is 2.94. The second-order valence-electron chi connectivity index (χ2n) is 3.82. The number of rotatable bonds is 5. The van der Waals surface area contributed by atoms with Crippen LogP contribution >= 0.6 is 15.9 Å². The smallest absolute Gasteiger partial charge is 0.326 e. The molecule has 0 aliphatic heterocycles. The van der Waals surface area contributed by atoms with Crippen LogP contribution in [0.25, 0.3) is 0 Å². The van der Waals surface area contributed by atoms with E-state index in [2.05, 4.69) is 21.2 Å². The number of nitro benzene ring substituents is 1. The summed E-state index contributed by atoms with van der Waals surface area (Å²) in [7, 11) is 0. The van der Waals surface area contributed by atoms with E-state index in [4.69, 9.17) is 5.11 Å². The summed E-state index contributed by atoms with van der Waals surface area (Å²) in [5.74, 6) is -0.958. The molecule has 0 saturated heterocycles. The van der Waals surface area contributed by atoms with Crippen LogP contribution in [-0.2, 0) is 4.79 Å². The molecule has 0 amide bonds. The molecule has 0 spiro atoms. The lowest BCUT2D eigenvalue weighted by Gasteiger charge is -2.15. The summed E-state index contributed by atoms with van der Waals surface area (Å²) in [4.78, 5) is 21.2. The van der Waals surface area contributed by atoms with Crippen LogP contribution in [0.4, 0.5) is 11.4 Å². The summed E-state index contributed by atoms with van der Waals surface area (Å²) in [5, 5.41) is 22.5. The first-order valence-electron chi connectivity index (χ1n) is 5.30. The number of anilines is 1. The molecule has 1 unspecified atom stereocenters. The van der Waals surface area contributed by atoms with Gasteiger partial charge in [0.05, 0.1) is 4.92 Å². The van der Waals surface area contributed by atoms with Crippen LogP contribution in [-0.4, -0.2) is 22.0 Å². The highest BCUT2D eigenvalue weighted by Gasteiger charge is 2.19. The summed E-state index contributed by atoms with van der Waals surface area (Å²) in [5.41, 5.74) is 1.01. The summed E-state index contributed by atoms with van der Waals surface area (Å²) < 4.78 is 0.472. The first-order chi connectivity index (χ1) is 8.36. The van der Waals surface area contributed by atoms with Gasteiger partial charge in [-0.2, -0.15) is 0 Å². The summed E-state index contributed by atoms with van der Waals surface area (Å²) in [6, 6.07) is 2.21. The van der Waals surface area contributed by atoms with E-state index in [1.165, 1.54) is 6.07 Å². The van der Waals surface area contributed by atoms with E-state index >= 15 is 0 Å². The third-order valence-electron chi connectivity index (χ3n) is 2.52. The molecule has 6 nitrogen and oxygen atoms in total. The largest absolute Gasteiger partial charge is 0.480 e. The monoisotopic (exact) mass is 316 g/mol. The van der Waals surface area contributed by atoms with Crippen LogP contribution in [0.15, 0.2) is 16.6 Å². The molecule has 1 rings (SSSR count). The highest BCUT2D eigenvalue weighted by molar-refractivity contribution is 9.10. The normalized spacial score (nSPS) is 11.9. The van der Waals surface area contributed by atoms with Gasteiger partial charge in [0.25, 0.3) is 5.69 Å². The van der Waals surface area contributed by atoms with Gasteiger partial charge in [-0.1, -0.05) is 6.92 Å². The number of aliphatic carboxylic acids is 1. The molecule has 0 saturated carbocycles. The lowest BCUT2D eigenvalue weighted by atomic mass is 10.1. The van der Waals surface area contributed by atoms with E-state index in [1.807, 2.05) is 0 Å². The van der Waals surface area contributed by atoms with Gasteiger partial charge in [0.1, 0.15) is 6.04 Å². The Kier molecular flexibility index (Phi) is 4.66. The predicted molar refractivity (Wildman–Crippen MR) is 70.9 cm³/mol. The second-order valence-corrected chi connectivity index (χ2v) is 4.67. The van der Waals surface area contributed by atoms with Gasteiger partial charge < -0.3 is 10.4 Å². The van der Waals surface area contributed by atoms with Crippen molar-refractivity contribution in [2.24, 2.45) is 0 Å². The fourth-order valence-electron chi connectivity index (χ4n) is 1.50. The van der Waals surface area contributed by atoms with Crippen molar-refractivity contribution in [3.05, 3.63) is 32.3 Å². The van der Waals surface area contributed by atoms with E-state index in [9.17, 15) is 14.9 Å². The van der Waals surface area contributed by atoms with Crippen LogP contribution in [0.5, 0.6) is 0 Å². The van der Waals surface area contributed by atoms with Crippen molar-refractivity contribution >= 4 is 33.3 Å². The zero-order valence-electron chi connectivity index (χ0n) is 9.94. The molecule has 0 radical (unpaired) electrons. The molecular weight excluding hydrogens is 304 g/mol. The Balaban J connectivity index is 3.08. The summed E-state index contributed by atoms with van der Waals surface area (Å²) in [6.07, 6.45) is 0.414. The Morgan fingerprint density at radius 3 is 2.67 bits per heavy atom. The van der Waals surface area contributed by atoms with Gasteiger partial charge >= 0.3 is 5.97 Å². The van der Waals surface area contributed by atoms with E-state index in [0.29, 0.717) is 22.1 Å². The SMILES string of the molecule is CCC(Nc1cc(C)c([N+](=O)[O-])cc1Br)C(=O)O. The molecule has 2 N–H and O–H groups in total. The number of hydrogen-bond donors (Lipinski definition) is 2. The average Bonchev–Trinajstić information content (AvgIpc) is 2.28. The van der Waals surface area contributed by atoms with Crippen molar-refractivity contribution in [2.75, 3.05) is 5.32 Å². The average molecular weight is 317 g/mol. The van der Waals surface area contributed by atoms with Gasteiger partial charge in [-0.05, 0) is 35.3 Å². The zero-order valence-corrected chi connectivity index (χ0v) is 11.5. The van der Waals surface area contributed by atoms with Crippen molar-refractivity contribution in [3.8, 4) is 0 Å². The number of nitrogens with zero attached hydrogens (tertiary/aromatic N) is 1. The lowest BCUT2D eigenvalue weighted by molar-refractivity contribution is -0.385. The molecule has 7 heteroatoms. The number of hydrogen-bond acceptors (Lipinski definition) is 4. The Morgan fingerprint density at radius 2 is 2.22 bits per heavy atom. The van der Waals surface area contributed by atoms with Crippen LogP contribution in [0.3, 0.4) is 0 Å². The minimum Gasteiger partial charge on any atom is -0.480 e. The maximum Gasteiger partial charge on any atom is 0.326 e. The number of halogens is 1. The quantitative estimate of drug-likeness (QED) is 0.643. The molecule has 1 aromatic carbocycles. The minimum absolute atomic E-state index is 0.00389. The Labute approximate surface area is 112 Å². The van der Waals surface area contributed by atoms with Crippen molar-refractivity contribution in [2.45, 2.75) is 26.3 Å². The molecule has 98 valence electrons. The molecule has 0 aromatic heterocycles. The third kappa shape index (κ3) is 3.19. The lowest BCUT2D eigenvalue weighted by Crippen LogP contribution is -2.28. The molecular formula is C11H13BrN2O4. The van der Waals surface area contributed by atoms with E-state index in [-0.39, 0.29) is 5.69 Å². The number of carboxylic acids is 1. The first-order valence-corrected chi connectivity index (χ1v) is 6.10. The maximum atomic E-state index is 10.9. The van der Waals surface area contributed by atoms with Crippen LogP contribution in [0, 0.1) is 17.0 Å². The fourth-order valence-corrected chi connectivity index (χ4v) is 1.95. The van der Waals surface area contributed by atoms with E-state index in [0.717, 1.165) is 0 Å². The Morgan fingerprint density at radius 1 is 1.61 bits per heavy atom. The summed E-state index contributed by atoms with van der Waals surface area (Å²) >= 11 is 3.20. The molecule has 18 heavy (non-hydrogen) atoms. The van der Waals surface area contributed by atoms with Gasteiger partial charge in [-0.3, -0.25) is 10.1 Å².